The molecule has 0 saturated carbocycles. The van der Waals surface area contributed by atoms with E-state index in [1.165, 1.54) is 24.3 Å². The summed E-state index contributed by atoms with van der Waals surface area (Å²) in [5, 5.41) is 3.44. The Morgan fingerprint density at radius 3 is 2.53 bits per heavy atom. The van der Waals surface area contributed by atoms with Crippen molar-refractivity contribution in [1.82, 2.24) is 5.32 Å². The van der Waals surface area contributed by atoms with Crippen LogP contribution in [0.25, 0.3) is 0 Å². The van der Waals surface area contributed by atoms with Gasteiger partial charge < -0.3 is 5.32 Å². The molecule has 1 fully saturated rings. The van der Waals surface area contributed by atoms with Crippen molar-refractivity contribution in [3.05, 3.63) is 34.9 Å². The van der Waals surface area contributed by atoms with Crippen LogP contribution in [0.15, 0.2) is 24.3 Å². The lowest BCUT2D eigenvalue weighted by molar-refractivity contribution is -0.0448. The summed E-state index contributed by atoms with van der Waals surface area (Å²) in [4.78, 5) is 0. The Morgan fingerprint density at radius 1 is 1.12 bits per heavy atom. The highest BCUT2D eigenvalue weighted by atomic mass is 35.5. The van der Waals surface area contributed by atoms with Gasteiger partial charge in [-0.3, -0.25) is 0 Å². The Kier molecular flexibility index (Phi) is 4.00. The average molecular weight is 260 g/mol. The largest absolute Gasteiger partial charge is 0.308 e. The maximum atomic E-state index is 14.2. The second-order valence-electron chi connectivity index (χ2n) is 4.49. The van der Waals surface area contributed by atoms with Gasteiger partial charge in [-0.25, -0.2) is 0 Å². The van der Waals surface area contributed by atoms with Crippen molar-refractivity contribution in [1.29, 1.82) is 0 Å². The molecule has 1 aliphatic rings. The van der Waals surface area contributed by atoms with Gasteiger partial charge in [0.05, 0.1) is 6.04 Å². The first kappa shape index (κ1) is 12.8. The summed E-state index contributed by atoms with van der Waals surface area (Å²) in [7, 11) is 0. The highest BCUT2D eigenvalue weighted by molar-refractivity contribution is 6.30. The summed E-state index contributed by atoms with van der Waals surface area (Å²) in [6, 6.07) is 5.10. The summed E-state index contributed by atoms with van der Waals surface area (Å²) in [5.74, 6) is -2.82. The lowest BCUT2D eigenvalue weighted by Crippen LogP contribution is -2.42. The SMILES string of the molecule is FC(F)(c1ccc(Cl)cc1)C1CCCCCN1. The molecule has 1 N–H and O–H groups in total. The fraction of sp³-hybridized carbons (Fsp3) is 0.538. The molecule has 0 radical (unpaired) electrons. The van der Waals surface area contributed by atoms with Crippen molar-refractivity contribution in [2.24, 2.45) is 0 Å². The van der Waals surface area contributed by atoms with E-state index in [0.717, 1.165) is 19.3 Å². The third kappa shape index (κ3) is 2.96. The average Bonchev–Trinajstić information content (AvgIpc) is 2.58. The fourth-order valence-corrected chi connectivity index (χ4v) is 2.34. The van der Waals surface area contributed by atoms with Gasteiger partial charge in [0.25, 0.3) is 5.92 Å². The topological polar surface area (TPSA) is 12.0 Å². The lowest BCUT2D eigenvalue weighted by atomic mass is 9.97. The van der Waals surface area contributed by atoms with E-state index in [-0.39, 0.29) is 5.56 Å². The zero-order valence-corrected chi connectivity index (χ0v) is 10.3. The van der Waals surface area contributed by atoms with Crippen molar-refractivity contribution in [2.45, 2.75) is 37.6 Å². The molecule has 94 valence electrons. The van der Waals surface area contributed by atoms with Gasteiger partial charge in [0.15, 0.2) is 0 Å². The molecule has 0 aromatic heterocycles. The Hall–Kier alpha value is -0.670. The van der Waals surface area contributed by atoms with E-state index in [1.54, 1.807) is 0 Å². The van der Waals surface area contributed by atoms with Crippen LogP contribution in [-0.2, 0) is 5.92 Å². The summed E-state index contributed by atoms with van der Waals surface area (Å²) in [6.07, 6.45) is 3.39. The number of benzene rings is 1. The van der Waals surface area contributed by atoms with Crippen LogP contribution in [0.1, 0.15) is 31.2 Å². The number of hydrogen-bond donors (Lipinski definition) is 1. The van der Waals surface area contributed by atoms with Gasteiger partial charge in [0, 0.05) is 10.6 Å². The van der Waals surface area contributed by atoms with Gasteiger partial charge in [0.1, 0.15) is 0 Å². The van der Waals surface area contributed by atoms with Crippen molar-refractivity contribution in [3.63, 3.8) is 0 Å². The van der Waals surface area contributed by atoms with Crippen LogP contribution in [0.3, 0.4) is 0 Å². The minimum atomic E-state index is -2.82. The maximum Gasteiger partial charge on any atom is 0.288 e. The molecule has 0 bridgehead atoms. The zero-order chi connectivity index (χ0) is 12.3. The molecule has 1 aromatic carbocycles. The number of alkyl halides is 2. The molecular formula is C13H16ClF2N. The van der Waals surface area contributed by atoms with Crippen LogP contribution in [0.5, 0.6) is 0 Å². The van der Waals surface area contributed by atoms with Gasteiger partial charge >= 0.3 is 0 Å². The summed E-state index contributed by atoms with van der Waals surface area (Å²) >= 11 is 5.71. The van der Waals surface area contributed by atoms with Crippen LogP contribution in [0.2, 0.25) is 5.02 Å². The first-order valence-electron chi connectivity index (χ1n) is 5.98. The predicted molar refractivity (Wildman–Crippen MR) is 65.6 cm³/mol. The van der Waals surface area contributed by atoms with E-state index in [9.17, 15) is 8.78 Å². The van der Waals surface area contributed by atoms with E-state index in [1.807, 2.05) is 0 Å². The molecule has 1 aromatic rings. The van der Waals surface area contributed by atoms with Crippen molar-refractivity contribution in [3.8, 4) is 0 Å². The molecule has 1 heterocycles. The Labute approximate surface area is 105 Å². The molecular weight excluding hydrogens is 244 g/mol. The Morgan fingerprint density at radius 2 is 1.82 bits per heavy atom. The lowest BCUT2D eigenvalue weighted by Gasteiger charge is -2.27. The van der Waals surface area contributed by atoms with E-state index >= 15 is 0 Å². The third-order valence-corrected chi connectivity index (χ3v) is 3.48. The molecule has 0 spiro atoms. The normalized spacial score (nSPS) is 22.2. The van der Waals surface area contributed by atoms with Gasteiger partial charge in [-0.15, -0.1) is 0 Å². The number of rotatable bonds is 2. The summed E-state index contributed by atoms with van der Waals surface area (Å²) < 4.78 is 28.5. The number of hydrogen-bond acceptors (Lipinski definition) is 1. The smallest absolute Gasteiger partial charge is 0.288 e. The van der Waals surface area contributed by atoms with Gasteiger partial charge in [-0.05, 0) is 31.5 Å². The zero-order valence-electron chi connectivity index (χ0n) is 9.56. The van der Waals surface area contributed by atoms with E-state index < -0.39 is 12.0 Å². The monoisotopic (exact) mass is 259 g/mol. The standard InChI is InChI=1S/C13H16ClF2N/c14-11-7-5-10(6-8-11)13(15,16)12-4-2-1-3-9-17-12/h5-8,12,17H,1-4,9H2. The van der Waals surface area contributed by atoms with Crippen LogP contribution in [0, 0.1) is 0 Å². The fourth-order valence-electron chi connectivity index (χ4n) is 2.21. The quantitative estimate of drug-likeness (QED) is 0.848. The molecule has 1 aliphatic heterocycles. The van der Waals surface area contributed by atoms with E-state index in [2.05, 4.69) is 5.32 Å². The van der Waals surface area contributed by atoms with Crippen LogP contribution < -0.4 is 5.32 Å². The molecule has 1 unspecified atom stereocenters. The second-order valence-corrected chi connectivity index (χ2v) is 4.92. The van der Waals surface area contributed by atoms with Gasteiger partial charge in [-0.2, -0.15) is 8.78 Å². The van der Waals surface area contributed by atoms with Crippen LogP contribution >= 0.6 is 11.6 Å². The third-order valence-electron chi connectivity index (χ3n) is 3.23. The van der Waals surface area contributed by atoms with Crippen molar-refractivity contribution < 1.29 is 8.78 Å². The van der Waals surface area contributed by atoms with Crippen molar-refractivity contribution in [2.75, 3.05) is 6.54 Å². The Balaban J connectivity index is 2.18. The molecule has 1 nitrogen and oxygen atoms in total. The minimum absolute atomic E-state index is 0.0429. The van der Waals surface area contributed by atoms with Gasteiger partial charge in [-0.1, -0.05) is 36.6 Å². The molecule has 0 amide bonds. The summed E-state index contributed by atoms with van der Waals surface area (Å²) in [6.45, 7) is 0.674. The van der Waals surface area contributed by atoms with E-state index in [0.29, 0.717) is 18.0 Å². The van der Waals surface area contributed by atoms with Crippen LogP contribution in [0.4, 0.5) is 8.78 Å². The molecule has 17 heavy (non-hydrogen) atoms. The number of halogens is 3. The first-order valence-corrected chi connectivity index (χ1v) is 6.36. The van der Waals surface area contributed by atoms with E-state index in [4.69, 9.17) is 11.6 Å². The molecule has 1 atom stereocenters. The van der Waals surface area contributed by atoms with Gasteiger partial charge in [0.2, 0.25) is 0 Å². The van der Waals surface area contributed by atoms with Crippen molar-refractivity contribution >= 4 is 11.6 Å². The maximum absolute atomic E-state index is 14.2. The number of nitrogens with one attached hydrogen (secondary N) is 1. The first-order chi connectivity index (χ1) is 8.10. The minimum Gasteiger partial charge on any atom is -0.308 e. The molecule has 0 aliphatic carbocycles. The highest BCUT2D eigenvalue weighted by Crippen LogP contribution is 2.35. The molecule has 2 rings (SSSR count). The second kappa shape index (κ2) is 5.32. The highest BCUT2D eigenvalue weighted by Gasteiger charge is 2.40. The summed E-state index contributed by atoms with van der Waals surface area (Å²) in [5.41, 5.74) is 0.0429. The Bertz CT molecular complexity index is 356. The molecule has 1 saturated heterocycles. The molecule has 4 heteroatoms. The predicted octanol–water partition coefficient (Wildman–Crippen LogP) is 3.96. The van der Waals surface area contributed by atoms with Crippen LogP contribution in [-0.4, -0.2) is 12.6 Å².